The van der Waals surface area contributed by atoms with Crippen LogP contribution in [0.1, 0.15) is 46.0 Å². The first-order valence-electron chi connectivity index (χ1n) is 9.88. The number of aromatic nitrogens is 1. The number of methoxy groups -OCH3 is 1. The maximum atomic E-state index is 10.8. The number of fused-ring (bicyclic) bond motifs is 1. The molecule has 0 saturated heterocycles. The summed E-state index contributed by atoms with van der Waals surface area (Å²) < 4.78 is 11.1. The van der Waals surface area contributed by atoms with Crippen LogP contribution in [0.4, 0.5) is 5.69 Å². The first-order valence-corrected chi connectivity index (χ1v) is 9.88. The van der Waals surface area contributed by atoms with Gasteiger partial charge in [0, 0.05) is 19.0 Å². The smallest absolute Gasteiger partial charge is 0.162 e. The van der Waals surface area contributed by atoms with Crippen molar-refractivity contribution in [2.24, 2.45) is 5.92 Å². The molecule has 5 nitrogen and oxygen atoms in total. The molecule has 0 N–H and O–H groups in total. The van der Waals surface area contributed by atoms with Crippen LogP contribution < -0.4 is 14.4 Å². The number of hydrogen-bond acceptors (Lipinski definition) is 5. The zero-order chi connectivity index (χ0) is 19.6. The van der Waals surface area contributed by atoms with Crippen LogP contribution in [0.3, 0.4) is 0 Å². The summed E-state index contributed by atoms with van der Waals surface area (Å²) in [5.74, 6) is 2.15. The SMILES string of the molecule is CCCC(CCC)CCN(C)c1c(OCC=O)cnc2ccc(OC)cc12. The van der Waals surface area contributed by atoms with E-state index in [2.05, 4.69) is 30.8 Å². The van der Waals surface area contributed by atoms with Gasteiger partial charge in [0.25, 0.3) is 0 Å². The van der Waals surface area contributed by atoms with Gasteiger partial charge in [-0.25, -0.2) is 0 Å². The predicted molar refractivity (Wildman–Crippen MR) is 111 cm³/mol. The van der Waals surface area contributed by atoms with Crippen LogP contribution in [-0.2, 0) is 4.79 Å². The summed E-state index contributed by atoms with van der Waals surface area (Å²) in [5, 5.41) is 0.975. The molecule has 0 unspecified atom stereocenters. The standard InChI is InChI=1S/C22H32N2O3/c1-5-7-17(8-6-2)11-12-24(3)22-19-15-18(26-4)9-10-20(19)23-16-21(22)27-14-13-25/h9-10,13,15-17H,5-8,11-12,14H2,1-4H3. The molecule has 0 atom stereocenters. The largest absolute Gasteiger partial charge is 0.497 e. The van der Waals surface area contributed by atoms with Crippen LogP contribution in [0.25, 0.3) is 10.9 Å². The Bertz CT molecular complexity index is 727. The molecular weight excluding hydrogens is 340 g/mol. The van der Waals surface area contributed by atoms with Crippen molar-refractivity contribution >= 4 is 22.9 Å². The van der Waals surface area contributed by atoms with E-state index in [9.17, 15) is 4.79 Å². The highest BCUT2D eigenvalue weighted by Crippen LogP contribution is 2.36. The van der Waals surface area contributed by atoms with Crippen molar-refractivity contribution in [2.75, 3.05) is 32.2 Å². The number of carbonyl (C=O) groups is 1. The number of anilines is 1. The minimum atomic E-state index is 0.0201. The van der Waals surface area contributed by atoms with Crippen molar-refractivity contribution in [3.63, 3.8) is 0 Å². The summed E-state index contributed by atoms with van der Waals surface area (Å²) in [6.07, 6.45) is 8.58. The number of hydrogen-bond donors (Lipinski definition) is 0. The molecule has 0 fully saturated rings. The monoisotopic (exact) mass is 372 g/mol. The van der Waals surface area contributed by atoms with Crippen LogP contribution in [0, 0.1) is 5.92 Å². The summed E-state index contributed by atoms with van der Waals surface area (Å²) in [6.45, 7) is 5.45. The van der Waals surface area contributed by atoms with E-state index in [-0.39, 0.29) is 6.61 Å². The highest BCUT2D eigenvalue weighted by Gasteiger charge is 2.17. The van der Waals surface area contributed by atoms with Crippen molar-refractivity contribution in [1.29, 1.82) is 0 Å². The van der Waals surface area contributed by atoms with E-state index >= 15 is 0 Å². The fraction of sp³-hybridized carbons (Fsp3) is 0.545. The van der Waals surface area contributed by atoms with Gasteiger partial charge in [0.05, 0.1) is 24.5 Å². The number of ether oxygens (including phenoxy) is 2. The lowest BCUT2D eigenvalue weighted by Crippen LogP contribution is -2.22. The highest BCUT2D eigenvalue weighted by atomic mass is 16.5. The third-order valence-electron chi connectivity index (χ3n) is 4.97. The minimum absolute atomic E-state index is 0.0201. The van der Waals surface area contributed by atoms with Gasteiger partial charge in [0.1, 0.15) is 12.4 Å². The summed E-state index contributed by atoms with van der Waals surface area (Å²) in [4.78, 5) is 17.5. The molecule has 2 rings (SSSR count). The molecule has 0 aliphatic rings. The van der Waals surface area contributed by atoms with Crippen molar-refractivity contribution in [3.8, 4) is 11.5 Å². The number of rotatable bonds is 12. The van der Waals surface area contributed by atoms with Crippen molar-refractivity contribution in [2.45, 2.75) is 46.0 Å². The van der Waals surface area contributed by atoms with E-state index in [0.717, 1.165) is 47.5 Å². The molecule has 0 saturated carbocycles. The van der Waals surface area contributed by atoms with Gasteiger partial charge in [-0.15, -0.1) is 0 Å². The number of aldehydes is 1. The number of benzene rings is 1. The van der Waals surface area contributed by atoms with Crippen molar-refractivity contribution in [1.82, 2.24) is 4.98 Å². The number of carbonyl (C=O) groups excluding carboxylic acids is 1. The predicted octanol–water partition coefficient (Wildman–Crippen LogP) is 4.86. The van der Waals surface area contributed by atoms with Gasteiger partial charge in [-0.3, -0.25) is 9.78 Å². The van der Waals surface area contributed by atoms with Crippen LogP contribution in [0.5, 0.6) is 11.5 Å². The van der Waals surface area contributed by atoms with Gasteiger partial charge < -0.3 is 14.4 Å². The molecule has 0 spiro atoms. The first-order chi connectivity index (χ1) is 13.1. The first kappa shape index (κ1) is 21.0. The van der Waals surface area contributed by atoms with Gasteiger partial charge in [-0.1, -0.05) is 39.5 Å². The lowest BCUT2D eigenvalue weighted by Gasteiger charge is -2.26. The lowest BCUT2D eigenvalue weighted by atomic mass is 9.94. The average Bonchev–Trinajstić information content (AvgIpc) is 2.69. The van der Waals surface area contributed by atoms with Crippen LogP contribution in [0.2, 0.25) is 0 Å². The van der Waals surface area contributed by atoms with E-state index < -0.39 is 0 Å². The normalized spacial score (nSPS) is 11.0. The molecule has 1 heterocycles. The Morgan fingerprint density at radius 1 is 1.19 bits per heavy atom. The highest BCUT2D eigenvalue weighted by molar-refractivity contribution is 5.95. The van der Waals surface area contributed by atoms with Crippen molar-refractivity contribution < 1.29 is 14.3 Å². The summed E-state index contributed by atoms with van der Waals surface area (Å²) in [5.41, 5.74) is 1.85. The second kappa shape index (κ2) is 10.8. The molecule has 0 bridgehead atoms. The van der Waals surface area contributed by atoms with Gasteiger partial charge in [0.15, 0.2) is 12.0 Å². The molecule has 1 aromatic heterocycles. The average molecular weight is 373 g/mol. The molecule has 27 heavy (non-hydrogen) atoms. The zero-order valence-corrected chi connectivity index (χ0v) is 17.0. The number of nitrogens with zero attached hydrogens (tertiary/aromatic N) is 2. The van der Waals surface area contributed by atoms with E-state index in [4.69, 9.17) is 9.47 Å². The Morgan fingerprint density at radius 3 is 2.56 bits per heavy atom. The van der Waals surface area contributed by atoms with Gasteiger partial charge in [-0.05, 0) is 30.5 Å². The quantitative estimate of drug-likeness (QED) is 0.498. The summed E-state index contributed by atoms with van der Waals surface area (Å²) in [7, 11) is 3.74. The van der Waals surface area contributed by atoms with E-state index in [1.165, 1.54) is 25.7 Å². The Kier molecular flexibility index (Phi) is 8.37. The molecule has 148 valence electrons. The zero-order valence-electron chi connectivity index (χ0n) is 17.0. The molecule has 5 heteroatoms. The summed E-state index contributed by atoms with van der Waals surface area (Å²) >= 11 is 0. The third kappa shape index (κ3) is 5.59. The Balaban J connectivity index is 2.34. The van der Waals surface area contributed by atoms with Gasteiger partial charge in [0.2, 0.25) is 0 Å². The van der Waals surface area contributed by atoms with E-state index in [0.29, 0.717) is 5.75 Å². The molecule has 0 aliphatic carbocycles. The fourth-order valence-electron chi connectivity index (χ4n) is 3.63. The maximum Gasteiger partial charge on any atom is 0.162 e. The van der Waals surface area contributed by atoms with Gasteiger partial charge in [-0.2, -0.15) is 0 Å². The summed E-state index contributed by atoms with van der Waals surface area (Å²) in [6, 6.07) is 5.84. The molecule has 0 amide bonds. The Morgan fingerprint density at radius 2 is 1.93 bits per heavy atom. The molecule has 0 radical (unpaired) electrons. The fourth-order valence-corrected chi connectivity index (χ4v) is 3.63. The van der Waals surface area contributed by atoms with Crippen LogP contribution in [0.15, 0.2) is 24.4 Å². The second-order valence-electron chi connectivity index (χ2n) is 6.99. The Hall–Kier alpha value is -2.30. The second-order valence-corrected chi connectivity index (χ2v) is 6.99. The van der Waals surface area contributed by atoms with Crippen LogP contribution >= 0.6 is 0 Å². The molecular formula is C22H32N2O3. The van der Waals surface area contributed by atoms with Crippen LogP contribution in [-0.4, -0.2) is 38.6 Å². The van der Waals surface area contributed by atoms with Gasteiger partial charge >= 0.3 is 0 Å². The lowest BCUT2D eigenvalue weighted by molar-refractivity contribution is -0.109. The maximum absolute atomic E-state index is 10.8. The Labute approximate surface area is 162 Å². The molecule has 0 aliphatic heterocycles. The number of pyridine rings is 1. The van der Waals surface area contributed by atoms with E-state index in [1.807, 2.05) is 18.2 Å². The third-order valence-corrected chi connectivity index (χ3v) is 4.97. The minimum Gasteiger partial charge on any atom is -0.497 e. The molecule has 1 aromatic carbocycles. The molecule has 2 aromatic rings. The van der Waals surface area contributed by atoms with Crippen molar-refractivity contribution in [3.05, 3.63) is 24.4 Å². The topological polar surface area (TPSA) is 51.7 Å². The van der Waals surface area contributed by atoms with E-state index in [1.54, 1.807) is 13.3 Å².